The van der Waals surface area contributed by atoms with Gasteiger partial charge < -0.3 is 9.88 Å². The molecule has 0 saturated carbocycles. The van der Waals surface area contributed by atoms with Crippen LogP contribution in [0.5, 0.6) is 0 Å². The second-order valence-corrected chi connectivity index (χ2v) is 18.7. The third-order valence-corrected chi connectivity index (χ3v) is 17.5. The second-order valence-electron chi connectivity index (χ2n) is 15.0. The molecule has 3 aliphatic rings. The topological polar surface area (TPSA) is 19.0 Å². The number of anilines is 3. The first-order chi connectivity index (χ1) is 26.8. The van der Waals surface area contributed by atoms with Crippen LogP contribution in [-0.4, -0.2) is 20.3 Å². The summed E-state index contributed by atoms with van der Waals surface area (Å²) in [5, 5.41) is 13.5. The van der Waals surface area contributed by atoms with Gasteiger partial charge in [-0.05, 0) is 82.6 Å². The van der Waals surface area contributed by atoms with Crippen molar-refractivity contribution in [3.63, 3.8) is 0 Å². The Hall–Kier alpha value is -6.62. The van der Waals surface area contributed by atoms with E-state index in [1.54, 1.807) is 0 Å². The van der Waals surface area contributed by atoms with Crippen LogP contribution in [-0.2, 0) is 0 Å². The molecular weight excluding hydrogens is 667 g/mol. The SMILES string of the molecule is [B]1c2cccc3c2N(c2ccccc2[Si]32c3ccccc3-c3ccccc32)c2cc3ccccc3c(-c3cccc4c3[nH]c3ccc5ccccc5c34)c21. The monoisotopic (exact) mass is 697 g/mol. The van der Waals surface area contributed by atoms with Crippen molar-refractivity contribution in [2.45, 2.75) is 0 Å². The first-order valence-corrected chi connectivity index (χ1v) is 20.9. The molecule has 0 fully saturated rings. The number of aromatic amines is 1. The Morgan fingerprint density at radius 1 is 0.463 bits per heavy atom. The zero-order valence-corrected chi connectivity index (χ0v) is 30.3. The van der Waals surface area contributed by atoms with Crippen LogP contribution in [0.3, 0.4) is 0 Å². The number of benzene rings is 9. The number of hydrogen-bond donors (Lipinski definition) is 1. The Labute approximate surface area is 314 Å². The summed E-state index contributed by atoms with van der Waals surface area (Å²) in [6, 6.07) is 66.3. The van der Waals surface area contributed by atoms with Crippen molar-refractivity contribution in [2.24, 2.45) is 0 Å². The first kappa shape index (κ1) is 28.9. The Balaban J connectivity index is 1.14. The van der Waals surface area contributed by atoms with Crippen LogP contribution in [0.4, 0.5) is 17.1 Å². The largest absolute Gasteiger partial charge is 0.354 e. The van der Waals surface area contributed by atoms with E-state index in [2.05, 4.69) is 193 Å². The van der Waals surface area contributed by atoms with Crippen molar-refractivity contribution in [3.8, 4) is 22.3 Å². The molecule has 0 bridgehead atoms. The molecule has 247 valence electrons. The van der Waals surface area contributed by atoms with Crippen LogP contribution < -0.4 is 36.6 Å². The van der Waals surface area contributed by atoms with Crippen LogP contribution in [0.2, 0.25) is 0 Å². The fraction of sp³-hybridized carbons (Fsp3) is 0. The minimum absolute atomic E-state index is 1.17. The van der Waals surface area contributed by atoms with Gasteiger partial charge in [0, 0.05) is 38.9 Å². The average Bonchev–Trinajstić information content (AvgIpc) is 3.76. The van der Waals surface area contributed by atoms with Crippen molar-refractivity contribution in [1.29, 1.82) is 0 Å². The van der Waals surface area contributed by atoms with E-state index in [9.17, 15) is 0 Å². The van der Waals surface area contributed by atoms with Gasteiger partial charge in [-0.3, -0.25) is 0 Å². The molecule has 1 radical (unpaired) electrons. The second kappa shape index (κ2) is 10.3. The summed E-state index contributed by atoms with van der Waals surface area (Å²) in [5.41, 5.74) is 14.0. The van der Waals surface area contributed by atoms with E-state index in [1.165, 1.54) is 114 Å². The van der Waals surface area contributed by atoms with Gasteiger partial charge in [-0.1, -0.05) is 163 Å². The predicted molar refractivity (Wildman–Crippen MR) is 232 cm³/mol. The van der Waals surface area contributed by atoms with E-state index in [-0.39, 0.29) is 0 Å². The van der Waals surface area contributed by atoms with Crippen molar-refractivity contribution in [2.75, 3.05) is 4.90 Å². The van der Waals surface area contributed by atoms with E-state index in [0.29, 0.717) is 0 Å². The zero-order valence-electron chi connectivity index (χ0n) is 29.3. The van der Waals surface area contributed by atoms with E-state index in [1.807, 2.05) is 0 Å². The standard InChI is InChI=1S/C50H30BN2Si/c1-3-15-32-30(13-1)27-28-39-46(32)36-19-11-20-37(49(36)52-39)47-33-16-4-2-14-31(33)29-41-48(47)51-38-21-12-26-45-50(38)53(41)40-22-7-10-25-44(40)54(45)42-23-8-5-17-34(42)35-18-6-9-24-43(35)54/h1-29,52H. The van der Waals surface area contributed by atoms with Gasteiger partial charge in [-0.2, -0.15) is 0 Å². The number of fused-ring (bicyclic) bond motifs is 17. The highest BCUT2D eigenvalue weighted by molar-refractivity contribution is 7.23. The summed E-state index contributed by atoms with van der Waals surface area (Å²) in [4.78, 5) is 6.54. The van der Waals surface area contributed by atoms with E-state index in [4.69, 9.17) is 0 Å². The van der Waals surface area contributed by atoms with Crippen LogP contribution in [0, 0.1) is 0 Å². The van der Waals surface area contributed by atoms with Crippen LogP contribution >= 0.6 is 0 Å². The van der Waals surface area contributed by atoms with Crippen molar-refractivity contribution >= 4 is 107 Å². The highest BCUT2D eigenvalue weighted by atomic mass is 28.3. The minimum atomic E-state index is -2.65. The van der Waals surface area contributed by atoms with Crippen LogP contribution in [0.25, 0.3) is 65.6 Å². The lowest BCUT2D eigenvalue weighted by atomic mass is 9.57. The molecule has 0 atom stereocenters. The summed E-state index contributed by atoms with van der Waals surface area (Å²) in [6.45, 7) is 0. The molecule has 0 unspecified atom stereocenters. The lowest BCUT2D eigenvalue weighted by molar-refractivity contribution is 1.31. The molecule has 1 aromatic heterocycles. The molecule has 13 rings (SSSR count). The molecule has 4 heterocycles. The predicted octanol–water partition coefficient (Wildman–Crippen LogP) is 8.40. The van der Waals surface area contributed by atoms with Gasteiger partial charge in [-0.15, -0.1) is 0 Å². The van der Waals surface area contributed by atoms with Gasteiger partial charge in [0.05, 0.1) is 5.52 Å². The molecule has 54 heavy (non-hydrogen) atoms. The molecular formula is C50H30BN2Si. The third kappa shape index (κ3) is 3.43. The molecule has 0 amide bonds. The molecule has 1 N–H and O–H groups in total. The number of nitrogens with one attached hydrogen (secondary N) is 1. The van der Waals surface area contributed by atoms with Gasteiger partial charge in [0.2, 0.25) is 0 Å². The van der Waals surface area contributed by atoms with Crippen molar-refractivity contribution in [3.05, 3.63) is 176 Å². The van der Waals surface area contributed by atoms with Gasteiger partial charge in [0.15, 0.2) is 15.4 Å². The smallest absolute Gasteiger partial charge is 0.197 e. The third-order valence-electron chi connectivity index (χ3n) is 12.6. The number of para-hydroxylation sites is 3. The van der Waals surface area contributed by atoms with E-state index < -0.39 is 8.07 Å². The fourth-order valence-electron chi connectivity index (χ4n) is 10.6. The highest BCUT2D eigenvalue weighted by Crippen LogP contribution is 2.45. The average molecular weight is 698 g/mol. The lowest BCUT2D eigenvalue weighted by Crippen LogP contribution is -2.76. The fourth-order valence-corrected chi connectivity index (χ4v) is 16.1. The lowest BCUT2D eigenvalue weighted by Gasteiger charge is -2.47. The van der Waals surface area contributed by atoms with Gasteiger partial charge >= 0.3 is 0 Å². The molecule has 10 aromatic rings. The number of hydrogen-bond acceptors (Lipinski definition) is 1. The summed E-state index contributed by atoms with van der Waals surface area (Å²) in [6.07, 6.45) is 0. The Morgan fingerprint density at radius 2 is 1.09 bits per heavy atom. The molecule has 4 heteroatoms. The molecule has 0 saturated heterocycles. The first-order valence-electron chi connectivity index (χ1n) is 18.9. The number of rotatable bonds is 1. The Bertz CT molecular complexity index is 3240. The molecule has 2 nitrogen and oxygen atoms in total. The van der Waals surface area contributed by atoms with Gasteiger partial charge in [0.1, 0.15) is 0 Å². The van der Waals surface area contributed by atoms with Crippen LogP contribution in [0.15, 0.2) is 176 Å². The molecule has 3 aliphatic heterocycles. The Kier molecular flexibility index (Phi) is 5.50. The van der Waals surface area contributed by atoms with Gasteiger partial charge in [0.25, 0.3) is 0 Å². The molecule has 0 aliphatic carbocycles. The summed E-state index contributed by atoms with van der Waals surface area (Å²) >= 11 is 0. The van der Waals surface area contributed by atoms with E-state index >= 15 is 0 Å². The normalized spacial score (nSPS) is 14.2. The number of aromatic nitrogens is 1. The molecule has 1 spiro atoms. The maximum atomic E-state index is 3.92. The maximum absolute atomic E-state index is 3.92. The van der Waals surface area contributed by atoms with Crippen molar-refractivity contribution in [1.82, 2.24) is 4.98 Å². The van der Waals surface area contributed by atoms with Crippen molar-refractivity contribution < 1.29 is 0 Å². The summed E-state index contributed by atoms with van der Waals surface area (Å²) in [7, 11) is -0.162. The summed E-state index contributed by atoms with van der Waals surface area (Å²) in [5.74, 6) is 0. The highest BCUT2D eigenvalue weighted by Gasteiger charge is 2.54. The quantitative estimate of drug-likeness (QED) is 0.171. The Morgan fingerprint density at radius 3 is 1.93 bits per heavy atom. The molecule has 9 aromatic carbocycles. The van der Waals surface area contributed by atoms with Gasteiger partial charge in [-0.25, -0.2) is 0 Å². The zero-order chi connectivity index (χ0) is 35.1. The number of H-pyrrole nitrogens is 1. The van der Waals surface area contributed by atoms with Crippen LogP contribution in [0.1, 0.15) is 0 Å². The number of nitrogens with zero attached hydrogens (tertiary/aromatic N) is 1. The minimum Gasteiger partial charge on any atom is -0.354 e. The van der Waals surface area contributed by atoms with E-state index in [0.717, 1.165) is 0 Å². The maximum Gasteiger partial charge on any atom is 0.197 e. The summed E-state index contributed by atoms with van der Waals surface area (Å²) < 4.78 is 0.